The molecule has 27 heavy (non-hydrogen) atoms. The zero-order chi connectivity index (χ0) is 19.8. The zero-order valence-corrected chi connectivity index (χ0v) is 16.4. The van der Waals surface area contributed by atoms with Gasteiger partial charge < -0.3 is 24.3 Å². The number of aryl methyl sites for hydroxylation is 1. The largest absolute Gasteiger partial charge is 0.493 e. The zero-order valence-electron chi connectivity index (χ0n) is 16.4. The number of pyridine rings is 1. The lowest BCUT2D eigenvalue weighted by Crippen LogP contribution is -2.15. The maximum Gasteiger partial charge on any atom is 0.227 e. The van der Waals surface area contributed by atoms with Crippen molar-refractivity contribution in [2.45, 2.75) is 20.3 Å². The summed E-state index contributed by atoms with van der Waals surface area (Å²) in [6.45, 7) is 4.76. The van der Waals surface area contributed by atoms with Crippen LogP contribution in [-0.2, 0) is 9.53 Å². The second kappa shape index (κ2) is 9.78. The van der Waals surface area contributed by atoms with Crippen LogP contribution in [0.15, 0.2) is 24.3 Å². The topological polar surface area (TPSA) is 78.9 Å². The maximum absolute atomic E-state index is 11.9. The molecule has 0 bridgehead atoms. The number of hydrogen-bond acceptors (Lipinski definition) is 6. The molecule has 2 aromatic rings. The first-order valence-electron chi connectivity index (χ1n) is 8.69. The number of benzene rings is 1. The Hall–Kier alpha value is -2.80. The molecule has 146 valence electrons. The molecule has 0 radical (unpaired) electrons. The Labute approximate surface area is 159 Å². The van der Waals surface area contributed by atoms with E-state index in [0.29, 0.717) is 42.7 Å². The minimum atomic E-state index is -0.129. The molecule has 1 aromatic heterocycles. The van der Waals surface area contributed by atoms with Crippen LogP contribution in [0.4, 0.5) is 5.82 Å². The van der Waals surface area contributed by atoms with Crippen LogP contribution in [-0.4, -0.2) is 45.4 Å². The van der Waals surface area contributed by atoms with Crippen LogP contribution in [0.1, 0.15) is 19.0 Å². The number of anilines is 1. The number of hydrogen-bond donors (Lipinski definition) is 1. The first-order valence-corrected chi connectivity index (χ1v) is 8.69. The van der Waals surface area contributed by atoms with Crippen molar-refractivity contribution < 1.29 is 23.7 Å². The second-order valence-corrected chi connectivity index (χ2v) is 5.74. The molecular weight excluding hydrogens is 348 g/mol. The summed E-state index contributed by atoms with van der Waals surface area (Å²) in [7, 11) is 4.72. The lowest BCUT2D eigenvalue weighted by molar-refractivity contribution is -0.117. The summed E-state index contributed by atoms with van der Waals surface area (Å²) < 4.78 is 21.4. The van der Waals surface area contributed by atoms with E-state index in [-0.39, 0.29) is 5.91 Å². The van der Waals surface area contributed by atoms with Crippen LogP contribution in [0.2, 0.25) is 0 Å². The molecule has 1 amide bonds. The van der Waals surface area contributed by atoms with Crippen LogP contribution in [0, 0.1) is 6.92 Å². The second-order valence-electron chi connectivity index (χ2n) is 5.74. The number of nitrogens with one attached hydrogen (secondary N) is 1. The number of ether oxygens (including phenoxy) is 4. The quantitative estimate of drug-likeness (QED) is 0.677. The molecule has 0 saturated carbocycles. The van der Waals surface area contributed by atoms with E-state index in [1.165, 1.54) is 0 Å². The maximum atomic E-state index is 11.9. The fourth-order valence-electron chi connectivity index (χ4n) is 2.69. The van der Waals surface area contributed by atoms with Gasteiger partial charge in [0.25, 0.3) is 0 Å². The number of carbonyl (C=O) groups is 1. The van der Waals surface area contributed by atoms with E-state index in [2.05, 4.69) is 10.3 Å². The summed E-state index contributed by atoms with van der Waals surface area (Å²) >= 11 is 0. The summed E-state index contributed by atoms with van der Waals surface area (Å²) in [5, 5.41) is 2.78. The van der Waals surface area contributed by atoms with Crippen LogP contribution in [0.25, 0.3) is 11.1 Å². The Morgan fingerprint density at radius 3 is 2.26 bits per heavy atom. The van der Waals surface area contributed by atoms with E-state index >= 15 is 0 Å². The van der Waals surface area contributed by atoms with E-state index in [9.17, 15) is 4.79 Å². The third kappa shape index (κ3) is 5.10. The minimum absolute atomic E-state index is 0.129. The third-order valence-electron chi connectivity index (χ3n) is 4.01. The molecule has 0 unspecified atom stereocenters. The van der Waals surface area contributed by atoms with Gasteiger partial charge in [-0.25, -0.2) is 4.98 Å². The highest BCUT2D eigenvalue weighted by molar-refractivity contribution is 5.90. The molecule has 1 aromatic carbocycles. The Kier molecular flexibility index (Phi) is 7.43. The smallest absolute Gasteiger partial charge is 0.227 e. The molecule has 7 nitrogen and oxygen atoms in total. The van der Waals surface area contributed by atoms with Crippen molar-refractivity contribution in [3.8, 4) is 28.4 Å². The number of amides is 1. The van der Waals surface area contributed by atoms with Gasteiger partial charge in [0.2, 0.25) is 11.7 Å². The lowest BCUT2D eigenvalue weighted by atomic mass is 10.0. The van der Waals surface area contributed by atoms with Crippen molar-refractivity contribution in [1.82, 2.24) is 4.98 Å². The lowest BCUT2D eigenvalue weighted by Gasteiger charge is -2.15. The van der Waals surface area contributed by atoms with Gasteiger partial charge in [-0.3, -0.25) is 4.79 Å². The van der Waals surface area contributed by atoms with Crippen molar-refractivity contribution in [3.05, 3.63) is 30.0 Å². The minimum Gasteiger partial charge on any atom is -0.493 e. The Bertz CT molecular complexity index is 767. The van der Waals surface area contributed by atoms with Crippen molar-refractivity contribution in [2.75, 3.05) is 39.9 Å². The van der Waals surface area contributed by atoms with Crippen LogP contribution in [0.5, 0.6) is 17.2 Å². The van der Waals surface area contributed by atoms with Crippen molar-refractivity contribution in [2.24, 2.45) is 0 Å². The molecule has 1 N–H and O–H groups in total. The standard InChI is InChI=1S/C20H26N2O5/c1-6-27-10-9-19(23)22-18-8-7-15(13(2)21-18)14-11-16(24-3)20(26-5)17(12-14)25-4/h7-8,11-12H,6,9-10H2,1-5H3,(H,21,22,23). The number of aromatic nitrogens is 1. The van der Waals surface area contributed by atoms with Crippen LogP contribution < -0.4 is 19.5 Å². The average molecular weight is 374 g/mol. The van der Waals surface area contributed by atoms with Gasteiger partial charge in [0.15, 0.2) is 11.5 Å². The van der Waals surface area contributed by atoms with Gasteiger partial charge in [-0.05, 0) is 43.7 Å². The number of nitrogens with zero attached hydrogens (tertiary/aromatic N) is 1. The molecule has 0 spiro atoms. The fraction of sp³-hybridized carbons (Fsp3) is 0.400. The van der Waals surface area contributed by atoms with E-state index in [1.807, 2.05) is 32.0 Å². The predicted octanol–water partition coefficient (Wildman–Crippen LogP) is 3.45. The van der Waals surface area contributed by atoms with Crippen molar-refractivity contribution >= 4 is 11.7 Å². The SMILES string of the molecule is CCOCCC(=O)Nc1ccc(-c2cc(OC)c(OC)c(OC)c2)c(C)n1. The normalized spacial score (nSPS) is 10.4. The van der Waals surface area contributed by atoms with Crippen LogP contribution >= 0.6 is 0 Å². The first-order chi connectivity index (χ1) is 13.0. The van der Waals surface area contributed by atoms with Crippen molar-refractivity contribution in [1.29, 1.82) is 0 Å². The molecule has 0 aliphatic carbocycles. The first kappa shape index (κ1) is 20.5. The van der Waals surface area contributed by atoms with Gasteiger partial charge in [0, 0.05) is 17.9 Å². The van der Waals surface area contributed by atoms with Gasteiger partial charge in [-0.1, -0.05) is 0 Å². The number of carbonyl (C=O) groups excluding carboxylic acids is 1. The van der Waals surface area contributed by atoms with Gasteiger partial charge >= 0.3 is 0 Å². The molecule has 2 rings (SSSR count). The summed E-state index contributed by atoms with van der Waals surface area (Å²) in [4.78, 5) is 16.4. The van der Waals surface area contributed by atoms with Gasteiger partial charge in [0.05, 0.1) is 34.4 Å². The summed E-state index contributed by atoms with van der Waals surface area (Å²) in [6, 6.07) is 7.41. The molecule has 0 aliphatic heterocycles. The third-order valence-corrected chi connectivity index (χ3v) is 4.01. The van der Waals surface area contributed by atoms with E-state index in [1.54, 1.807) is 27.4 Å². The van der Waals surface area contributed by atoms with E-state index < -0.39 is 0 Å². The predicted molar refractivity (Wildman–Crippen MR) is 104 cm³/mol. The summed E-state index contributed by atoms with van der Waals surface area (Å²) in [6.07, 6.45) is 0.295. The molecule has 0 fully saturated rings. The summed E-state index contributed by atoms with van der Waals surface area (Å²) in [5.74, 6) is 2.05. The highest BCUT2D eigenvalue weighted by atomic mass is 16.5. The molecular formula is C20H26N2O5. The van der Waals surface area contributed by atoms with E-state index in [4.69, 9.17) is 18.9 Å². The Balaban J connectivity index is 2.26. The molecule has 0 atom stereocenters. The Morgan fingerprint density at radius 2 is 1.74 bits per heavy atom. The Morgan fingerprint density at radius 1 is 1.07 bits per heavy atom. The van der Waals surface area contributed by atoms with Gasteiger partial charge in [0.1, 0.15) is 5.82 Å². The highest BCUT2D eigenvalue weighted by Crippen LogP contribution is 2.41. The fourth-order valence-corrected chi connectivity index (χ4v) is 2.69. The monoisotopic (exact) mass is 374 g/mol. The number of rotatable bonds is 9. The average Bonchev–Trinajstić information content (AvgIpc) is 2.67. The highest BCUT2D eigenvalue weighted by Gasteiger charge is 2.16. The van der Waals surface area contributed by atoms with E-state index in [0.717, 1.165) is 16.8 Å². The molecule has 0 aliphatic rings. The molecule has 1 heterocycles. The molecule has 7 heteroatoms. The van der Waals surface area contributed by atoms with Crippen molar-refractivity contribution in [3.63, 3.8) is 0 Å². The molecule has 0 saturated heterocycles. The van der Waals surface area contributed by atoms with Crippen LogP contribution in [0.3, 0.4) is 0 Å². The number of methoxy groups -OCH3 is 3. The van der Waals surface area contributed by atoms with Gasteiger partial charge in [-0.15, -0.1) is 0 Å². The summed E-state index contributed by atoms with van der Waals surface area (Å²) in [5.41, 5.74) is 2.55. The van der Waals surface area contributed by atoms with Gasteiger partial charge in [-0.2, -0.15) is 0 Å².